The van der Waals surface area contributed by atoms with Gasteiger partial charge in [0.05, 0.1) is 52.1 Å². The Morgan fingerprint density at radius 1 is 0.304 bits per heavy atom. The van der Waals surface area contributed by atoms with E-state index in [9.17, 15) is 24.0 Å². The van der Waals surface area contributed by atoms with Gasteiger partial charge in [-0.3, -0.25) is 33.8 Å². The van der Waals surface area contributed by atoms with Crippen LogP contribution in [0, 0.1) is 41.4 Å². The number of esters is 5. The number of unbranched alkanes of at least 4 members (excludes halogenated alkanes) is 31. The first-order valence-electron chi connectivity index (χ1n) is 50.8. The lowest BCUT2D eigenvalue weighted by atomic mass is 9.77. The number of morpholine rings is 1. The summed E-state index contributed by atoms with van der Waals surface area (Å²) in [4.78, 5) is 71.8. The Balaban J connectivity index is 1.93. The lowest BCUT2D eigenvalue weighted by molar-refractivity contribution is -0.152. The summed E-state index contributed by atoms with van der Waals surface area (Å²) in [5, 5.41) is 0. The van der Waals surface area contributed by atoms with E-state index in [1.54, 1.807) is 0 Å². The minimum atomic E-state index is -0.149. The van der Waals surface area contributed by atoms with Gasteiger partial charge in [0.2, 0.25) is 0 Å². The SMILES string of the molecule is CCCCCC(CCCCC)CC(=O)OCCCCCCCCC(CCCCCCCCOC(=O)CC(CCCCC)CC(CCC)C(CCCCCCCCC(CCCCCCCCCC(=O)OCCC(CCCC)CCCC)COCCCN1CCOCC1)C(=O)OCCC(CCCC)CCCC)OC(=O)CN1CCCCC1. The second kappa shape index (κ2) is 80.9. The molecule has 0 radical (unpaired) electrons. The Morgan fingerprint density at radius 3 is 1.19 bits per heavy atom. The van der Waals surface area contributed by atoms with Crippen molar-refractivity contribution in [1.82, 2.24) is 9.80 Å². The van der Waals surface area contributed by atoms with Gasteiger partial charge in [-0.1, -0.05) is 331 Å². The Hall–Kier alpha value is -2.81. The van der Waals surface area contributed by atoms with Gasteiger partial charge in [-0.15, -0.1) is 0 Å². The molecule has 2 fully saturated rings. The first kappa shape index (κ1) is 108. The van der Waals surface area contributed by atoms with Crippen LogP contribution in [0.4, 0.5) is 0 Å². The van der Waals surface area contributed by atoms with Crippen LogP contribution in [0.5, 0.6) is 0 Å². The Morgan fingerprint density at radius 2 is 0.704 bits per heavy atom. The molecule has 2 heterocycles. The highest BCUT2D eigenvalue weighted by atomic mass is 16.6. The maximum absolute atomic E-state index is 14.7. The van der Waals surface area contributed by atoms with E-state index in [-0.39, 0.29) is 53.7 Å². The molecule has 5 atom stereocenters. The maximum Gasteiger partial charge on any atom is 0.320 e. The van der Waals surface area contributed by atoms with E-state index in [4.69, 9.17) is 33.2 Å². The third-order valence-corrected chi connectivity index (χ3v) is 25.7. The van der Waals surface area contributed by atoms with Crippen LogP contribution in [-0.4, -0.2) is 138 Å². The van der Waals surface area contributed by atoms with Gasteiger partial charge in [0.1, 0.15) is 6.10 Å². The highest BCUT2D eigenvalue weighted by Gasteiger charge is 2.32. The smallest absolute Gasteiger partial charge is 0.320 e. The second-order valence-electron chi connectivity index (χ2n) is 36.5. The van der Waals surface area contributed by atoms with Crippen molar-refractivity contribution in [3.8, 4) is 0 Å². The average molecular weight is 1630 g/mol. The zero-order valence-electron chi connectivity index (χ0n) is 77.5. The molecule has 678 valence electrons. The number of ether oxygens (including phenoxy) is 7. The van der Waals surface area contributed by atoms with Crippen molar-refractivity contribution in [2.24, 2.45) is 41.4 Å². The molecule has 2 rings (SSSR count). The zero-order valence-corrected chi connectivity index (χ0v) is 77.5. The van der Waals surface area contributed by atoms with Gasteiger partial charge in [-0.2, -0.15) is 0 Å². The van der Waals surface area contributed by atoms with Gasteiger partial charge < -0.3 is 33.2 Å². The third-order valence-electron chi connectivity index (χ3n) is 25.7. The molecule has 2 aliphatic heterocycles. The first-order chi connectivity index (χ1) is 56.4. The normalized spacial score (nSPS) is 15.0. The van der Waals surface area contributed by atoms with Crippen LogP contribution in [0.25, 0.3) is 0 Å². The molecule has 0 saturated carbocycles. The molecule has 0 aromatic rings. The van der Waals surface area contributed by atoms with Gasteiger partial charge >= 0.3 is 29.8 Å². The van der Waals surface area contributed by atoms with Crippen LogP contribution < -0.4 is 0 Å². The van der Waals surface area contributed by atoms with Gasteiger partial charge in [0, 0.05) is 52.1 Å². The van der Waals surface area contributed by atoms with Crippen molar-refractivity contribution >= 4 is 29.8 Å². The maximum atomic E-state index is 14.7. The number of hydrogen-bond donors (Lipinski definition) is 0. The van der Waals surface area contributed by atoms with E-state index in [1.165, 1.54) is 193 Å². The van der Waals surface area contributed by atoms with Crippen LogP contribution >= 0.6 is 0 Å². The van der Waals surface area contributed by atoms with Gasteiger partial charge in [0.15, 0.2) is 0 Å². The Bertz CT molecular complexity index is 2130. The van der Waals surface area contributed by atoms with Gasteiger partial charge in [-0.05, 0) is 177 Å². The summed E-state index contributed by atoms with van der Waals surface area (Å²) in [5.74, 6) is 2.43. The number of carbonyl (C=O) groups is 5. The quantitative estimate of drug-likeness (QED) is 0.0322. The molecular weight excluding hydrogens is 1430 g/mol. The molecule has 5 unspecified atom stereocenters. The lowest BCUT2D eigenvalue weighted by Crippen LogP contribution is -2.37. The number of nitrogens with zero attached hydrogens (tertiary/aromatic N) is 2. The van der Waals surface area contributed by atoms with E-state index in [0.717, 1.165) is 271 Å². The molecule has 0 aromatic carbocycles. The van der Waals surface area contributed by atoms with Crippen molar-refractivity contribution in [3.05, 3.63) is 0 Å². The third kappa shape index (κ3) is 65.6. The molecule has 0 aliphatic carbocycles. The highest BCUT2D eigenvalue weighted by molar-refractivity contribution is 5.73. The average Bonchev–Trinajstić information content (AvgIpc) is 0.863. The minimum Gasteiger partial charge on any atom is -0.466 e. The minimum absolute atomic E-state index is 0.00581. The summed E-state index contributed by atoms with van der Waals surface area (Å²) < 4.78 is 42.1. The van der Waals surface area contributed by atoms with Crippen LogP contribution in [0.3, 0.4) is 0 Å². The number of hydrogen-bond acceptors (Lipinski definition) is 14. The predicted molar refractivity (Wildman–Crippen MR) is 483 cm³/mol. The number of piperidine rings is 1. The molecule has 2 aliphatic rings. The van der Waals surface area contributed by atoms with Crippen molar-refractivity contribution in [1.29, 1.82) is 0 Å². The van der Waals surface area contributed by atoms with E-state index >= 15 is 0 Å². The fourth-order valence-corrected chi connectivity index (χ4v) is 18.2. The van der Waals surface area contributed by atoms with Crippen LogP contribution in [0.2, 0.25) is 0 Å². The van der Waals surface area contributed by atoms with E-state index in [1.807, 2.05) is 0 Å². The van der Waals surface area contributed by atoms with Crippen molar-refractivity contribution in [2.75, 3.05) is 92.1 Å². The van der Waals surface area contributed by atoms with Crippen molar-refractivity contribution < 1.29 is 57.1 Å². The molecule has 0 spiro atoms. The molecule has 2 saturated heterocycles. The Labute approximate surface area is 711 Å². The summed E-state index contributed by atoms with van der Waals surface area (Å²) in [6.07, 6.45) is 73.0. The predicted octanol–water partition coefficient (Wildman–Crippen LogP) is 28.0. The van der Waals surface area contributed by atoms with Crippen LogP contribution in [0.1, 0.15) is 479 Å². The largest absolute Gasteiger partial charge is 0.466 e. The highest BCUT2D eigenvalue weighted by Crippen LogP contribution is 2.35. The Kier molecular flexibility index (Phi) is 76.1. The van der Waals surface area contributed by atoms with Crippen LogP contribution in [0.15, 0.2) is 0 Å². The first-order valence-corrected chi connectivity index (χ1v) is 50.8. The number of rotatable bonds is 86. The molecule has 0 N–H and O–H groups in total. The molecule has 14 heteroatoms. The molecule has 115 heavy (non-hydrogen) atoms. The fourth-order valence-electron chi connectivity index (χ4n) is 18.2. The summed E-state index contributed by atoms with van der Waals surface area (Å²) in [5.41, 5.74) is 0. The zero-order chi connectivity index (χ0) is 83.2. The van der Waals surface area contributed by atoms with E-state index in [2.05, 4.69) is 65.2 Å². The lowest BCUT2D eigenvalue weighted by Gasteiger charge is -2.29. The summed E-state index contributed by atoms with van der Waals surface area (Å²) in [6, 6.07) is 0. The number of likely N-dealkylation sites (tertiary alicyclic amines) is 1. The van der Waals surface area contributed by atoms with Gasteiger partial charge in [0.25, 0.3) is 0 Å². The van der Waals surface area contributed by atoms with E-state index < -0.39 is 0 Å². The summed E-state index contributed by atoms with van der Waals surface area (Å²) in [7, 11) is 0. The van der Waals surface area contributed by atoms with Crippen molar-refractivity contribution in [2.45, 2.75) is 485 Å². The topological polar surface area (TPSA) is 156 Å². The fraction of sp³-hybridized carbons (Fsp3) is 0.950. The van der Waals surface area contributed by atoms with Crippen molar-refractivity contribution in [3.63, 3.8) is 0 Å². The number of carbonyl (C=O) groups excluding carboxylic acids is 5. The molecule has 0 bridgehead atoms. The second-order valence-corrected chi connectivity index (χ2v) is 36.5. The summed E-state index contributed by atoms with van der Waals surface area (Å²) >= 11 is 0. The summed E-state index contributed by atoms with van der Waals surface area (Å²) in [6.45, 7) is 29.1. The van der Waals surface area contributed by atoms with E-state index in [0.29, 0.717) is 75.9 Å². The van der Waals surface area contributed by atoms with Gasteiger partial charge in [-0.25, -0.2) is 0 Å². The molecule has 0 amide bonds. The monoisotopic (exact) mass is 1630 g/mol. The van der Waals surface area contributed by atoms with Crippen LogP contribution in [-0.2, 0) is 57.1 Å². The molecule has 14 nitrogen and oxygen atoms in total. The molecular formula is C101H192N2O12. The standard InChI is InChI=1S/C101H192N2O12/c1-9-17-42-61-91(62-43-18-10-2)85-98(105)111-78-53-39-31-29-35-47-66-95(115-100(107)87-103-72-51-41-52-73-103)67-48-36-30-32-40-54-79-112-99(106)86-93(65-44-19-11-3)84-94(56-16-8)96(101(108)114-81-71-90(59-22-14-6)60-23-15-7)68-49-37-28-27-34-46-64-92(88-110-77-55-74-102-75-82-109-83-76-102)63-45-33-25-24-26-38-50-69-97(104)113-80-70-89(57-20-12-4)58-21-13-5/h89-96H,9-88H2,1-8H3. The molecule has 0 aromatic heterocycles.